The van der Waals surface area contributed by atoms with Gasteiger partial charge in [-0.15, -0.1) is 0 Å². The zero-order valence-electron chi connectivity index (χ0n) is 13.5. The summed E-state index contributed by atoms with van der Waals surface area (Å²) in [7, 11) is 0. The predicted molar refractivity (Wildman–Crippen MR) is 93.3 cm³/mol. The van der Waals surface area contributed by atoms with Crippen LogP contribution >= 0.6 is 31.9 Å². The van der Waals surface area contributed by atoms with Crippen LogP contribution in [0.2, 0.25) is 0 Å². The van der Waals surface area contributed by atoms with Gasteiger partial charge >= 0.3 is 11.9 Å². The molecule has 12 heteroatoms. The van der Waals surface area contributed by atoms with E-state index in [-0.39, 0.29) is 0 Å². The van der Waals surface area contributed by atoms with Crippen LogP contribution in [-0.2, 0) is 19.2 Å². The molecule has 0 saturated heterocycles. The minimum absolute atomic E-state index is 0.508. The molecular weight excluding hydrogens is 488 g/mol. The lowest BCUT2D eigenvalue weighted by Gasteiger charge is -2.45. The fourth-order valence-electron chi connectivity index (χ4n) is 2.35. The van der Waals surface area contributed by atoms with Gasteiger partial charge in [-0.2, -0.15) is 0 Å². The molecule has 0 fully saturated rings. The second-order valence-corrected chi connectivity index (χ2v) is 6.80. The highest BCUT2D eigenvalue weighted by molar-refractivity contribution is 9.09. The lowest BCUT2D eigenvalue weighted by molar-refractivity contribution is -0.222. The van der Waals surface area contributed by atoms with Gasteiger partial charge in [-0.3, -0.25) is 19.2 Å². The van der Waals surface area contributed by atoms with E-state index in [4.69, 9.17) is 10.2 Å². The third-order valence-corrected chi connectivity index (χ3v) is 5.05. The number of Topliss-reactive ketones (excluding diaryl/α,β-unsaturated/α-hetero) is 2. The molecule has 0 aromatic carbocycles. The first kappa shape index (κ1) is 25.1. The fourth-order valence-corrected chi connectivity index (χ4v) is 3.29. The van der Waals surface area contributed by atoms with Crippen molar-refractivity contribution in [2.24, 2.45) is 0 Å². The SMILES string of the molecule is O=C(O)CCC(=O)[C@@](O)([C@H](O)CBr)[C@](O)(C(=O)CCC(=O)O)[C@@H](O)CBr. The van der Waals surface area contributed by atoms with Gasteiger partial charge in [-0.25, -0.2) is 0 Å². The summed E-state index contributed by atoms with van der Waals surface area (Å²) in [5.41, 5.74) is -6.54. The monoisotopic (exact) mass is 506 g/mol. The molecule has 0 saturated carbocycles. The zero-order valence-corrected chi connectivity index (χ0v) is 16.6. The van der Waals surface area contributed by atoms with Crippen molar-refractivity contribution in [3.63, 3.8) is 0 Å². The van der Waals surface area contributed by atoms with Gasteiger partial charge in [0.05, 0.1) is 12.8 Å². The lowest BCUT2D eigenvalue weighted by atomic mass is 9.69. The zero-order chi connectivity index (χ0) is 20.7. The van der Waals surface area contributed by atoms with E-state index in [0.717, 1.165) is 0 Å². The number of rotatable bonds is 13. The van der Waals surface area contributed by atoms with Crippen LogP contribution < -0.4 is 0 Å². The molecule has 26 heavy (non-hydrogen) atoms. The van der Waals surface area contributed by atoms with Gasteiger partial charge in [-0.05, 0) is 0 Å². The standard InChI is InChI=1S/C14H20Br2O10/c15-5-9(19)13(25,7(17)1-3-11(21)22)14(26,10(20)6-16)8(18)2-4-12(23)24/h9-10,19-20,25-26H,1-6H2,(H,21,22)(H,23,24)/t9-,10+,13-,14+. The van der Waals surface area contributed by atoms with Crippen molar-refractivity contribution in [2.75, 3.05) is 10.7 Å². The molecule has 0 aliphatic rings. The van der Waals surface area contributed by atoms with Crippen LogP contribution in [0.5, 0.6) is 0 Å². The third-order valence-electron chi connectivity index (χ3n) is 3.82. The highest BCUT2D eigenvalue weighted by Gasteiger charge is 2.65. The Bertz CT molecular complexity index is 506. The third kappa shape index (κ3) is 5.30. The Balaban J connectivity index is 6.18. The molecule has 0 unspecified atom stereocenters. The van der Waals surface area contributed by atoms with Crippen molar-refractivity contribution in [1.29, 1.82) is 0 Å². The van der Waals surface area contributed by atoms with Crippen molar-refractivity contribution in [3.05, 3.63) is 0 Å². The van der Waals surface area contributed by atoms with Crippen LogP contribution in [0, 0.1) is 0 Å². The van der Waals surface area contributed by atoms with Crippen molar-refractivity contribution < 1.29 is 49.8 Å². The molecule has 0 aromatic rings. The summed E-state index contributed by atoms with van der Waals surface area (Å²) in [6.45, 7) is 0. The van der Waals surface area contributed by atoms with Gasteiger partial charge in [0.2, 0.25) is 0 Å². The molecule has 0 radical (unpaired) electrons. The Kier molecular flexibility index (Phi) is 10.1. The van der Waals surface area contributed by atoms with E-state index in [2.05, 4.69) is 31.9 Å². The Morgan fingerprint density at radius 2 is 0.962 bits per heavy atom. The molecule has 0 heterocycles. The molecule has 0 amide bonds. The average molecular weight is 508 g/mol. The van der Waals surface area contributed by atoms with Crippen LogP contribution in [-0.4, -0.2) is 88.2 Å². The number of carbonyl (C=O) groups is 4. The number of carboxylic acid groups (broad SMARTS) is 2. The molecule has 0 aliphatic carbocycles. The summed E-state index contributed by atoms with van der Waals surface area (Å²) in [5, 5.41) is 58.1. The molecule has 0 rings (SSSR count). The van der Waals surface area contributed by atoms with Gasteiger partial charge in [0.1, 0.15) is 12.2 Å². The van der Waals surface area contributed by atoms with Gasteiger partial charge in [0, 0.05) is 23.5 Å². The summed E-state index contributed by atoms with van der Waals surface area (Å²) < 4.78 is 0. The number of hydrogen-bond donors (Lipinski definition) is 6. The molecule has 150 valence electrons. The fraction of sp³-hybridized carbons (Fsp3) is 0.714. The topological polar surface area (TPSA) is 190 Å². The molecule has 10 nitrogen and oxygen atoms in total. The smallest absolute Gasteiger partial charge is 0.303 e. The van der Waals surface area contributed by atoms with E-state index < -0.39 is 83.3 Å². The minimum atomic E-state index is -3.27. The number of alkyl halides is 2. The van der Waals surface area contributed by atoms with Gasteiger partial charge in [-0.1, -0.05) is 31.9 Å². The summed E-state index contributed by atoms with van der Waals surface area (Å²) in [6.07, 6.45) is -7.42. The summed E-state index contributed by atoms with van der Waals surface area (Å²) in [6, 6.07) is 0. The second kappa shape index (κ2) is 10.4. The maximum atomic E-state index is 12.4. The highest BCUT2D eigenvalue weighted by Crippen LogP contribution is 2.35. The van der Waals surface area contributed by atoms with Crippen LogP contribution in [0.15, 0.2) is 0 Å². The summed E-state index contributed by atoms with van der Waals surface area (Å²) in [5.74, 6) is -5.59. The number of aliphatic hydroxyl groups excluding tert-OH is 2. The number of hydrogen-bond acceptors (Lipinski definition) is 8. The molecular formula is C14H20Br2O10. The first-order valence-corrected chi connectivity index (χ1v) is 9.56. The predicted octanol–water partition coefficient (Wildman–Crippen LogP) is -1.17. The number of aliphatic carboxylic acids is 2. The van der Waals surface area contributed by atoms with E-state index in [1.165, 1.54) is 0 Å². The Morgan fingerprint density at radius 1 is 0.692 bits per heavy atom. The molecule has 4 atom stereocenters. The summed E-state index contributed by atoms with van der Waals surface area (Å²) >= 11 is 5.57. The van der Waals surface area contributed by atoms with Gasteiger partial charge in [0.15, 0.2) is 22.8 Å². The molecule has 0 aromatic heterocycles. The molecule has 0 aliphatic heterocycles. The average Bonchev–Trinajstić information content (AvgIpc) is 2.60. The highest BCUT2D eigenvalue weighted by atomic mass is 79.9. The van der Waals surface area contributed by atoms with E-state index in [9.17, 15) is 39.6 Å². The van der Waals surface area contributed by atoms with Crippen molar-refractivity contribution >= 4 is 55.4 Å². The van der Waals surface area contributed by atoms with Crippen molar-refractivity contribution in [3.8, 4) is 0 Å². The Hall–Kier alpha value is -0.920. The maximum absolute atomic E-state index is 12.4. The Labute approximate surface area is 165 Å². The van der Waals surface area contributed by atoms with Gasteiger partial charge in [0.25, 0.3) is 0 Å². The summed E-state index contributed by atoms with van der Waals surface area (Å²) in [4.78, 5) is 46.2. The number of ketones is 2. The molecule has 6 N–H and O–H groups in total. The van der Waals surface area contributed by atoms with Crippen molar-refractivity contribution in [2.45, 2.75) is 49.1 Å². The van der Waals surface area contributed by atoms with E-state index in [0.29, 0.717) is 0 Å². The maximum Gasteiger partial charge on any atom is 0.303 e. The van der Waals surface area contributed by atoms with Crippen molar-refractivity contribution in [1.82, 2.24) is 0 Å². The normalized spacial score (nSPS) is 18.2. The lowest BCUT2D eigenvalue weighted by Crippen LogP contribution is -2.74. The number of aliphatic hydroxyl groups is 4. The molecule has 0 spiro atoms. The first-order chi connectivity index (χ1) is 11.9. The van der Waals surface area contributed by atoms with E-state index in [1.807, 2.05) is 0 Å². The number of halogens is 2. The number of carboxylic acids is 2. The quantitative estimate of drug-likeness (QED) is 0.165. The van der Waals surface area contributed by atoms with E-state index in [1.54, 1.807) is 0 Å². The molecule has 0 bridgehead atoms. The van der Waals surface area contributed by atoms with E-state index >= 15 is 0 Å². The second-order valence-electron chi connectivity index (χ2n) is 5.51. The van der Waals surface area contributed by atoms with Crippen LogP contribution in [0.4, 0.5) is 0 Å². The largest absolute Gasteiger partial charge is 0.481 e. The first-order valence-electron chi connectivity index (χ1n) is 7.32. The van der Waals surface area contributed by atoms with Gasteiger partial charge < -0.3 is 30.6 Å². The minimum Gasteiger partial charge on any atom is -0.481 e. The van der Waals surface area contributed by atoms with Crippen LogP contribution in [0.1, 0.15) is 25.7 Å². The number of carbonyl (C=O) groups excluding carboxylic acids is 2. The Morgan fingerprint density at radius 3 is 1.15 bits per heavy atom. The van der Waals surface area contributed by atoms with Crippen LogP contribution in [0.25, 0.3) is 0 Å². The van der Waals surface area contributed by atoms with Crippen LogP contribution in [0.3, 0.4) is 0 Å².